The van der Waals surface area contributed by atoms with Crippen molar-refractivity contribution in [3.63, 3.8) is 0 Å². The van der Waals surface area contributed by atoms with Crippen LogP contribution in [0.4, 0.5) is 9.39 Å². The lowest BCUT2D eigenvalue weighted by Gasteiger charge is -2.04. The molecule has 1 amide bonds. The molecule has 0 spiro atoms. The number of thiophene rings is 1. The molecule has 0 atom stereocenters. The number of hydrogen-bond acceptors (Lipinski definition) is 5. The summed E-state index contributed by atoms with van der Waals surface area (Å²) < 4.78 is 19.3. The van der Waals surface area contributed by atoms with Crippen LogP contribution in [0.15, 0.2) is 46.2 Å². The molecule has 9 heteroatoms. The molecule has 0 saturated carbocycles. The van der Waals surface area contributed by atoms with Gasteiger partial charge in [-0.1, -0.05) is 23.7 Å². The van der Waals surface area contributed by atoms with Crippen LogP contribution < -0.4 is 5.32 Å². The fourth-order valence-corrected chi connectivity index (χ4v) is 3.96. The van der Waals surface area contributed by atoms with Gasteiger partial charge in [0.05, 0.1) is 0 Å². The Bertz CT molecular complexity index is 1260. The molecule has 0 aliphatic rings. The lowest BCUT2D eigenvalue weighted by atomic mass is 10.0. The maximum atomic E-state index is 14.0. The predicted octanol–water partition coefficient (Wildman–Crippen LogP) is 5.61. The van der Waals surface area contributed by atoms with Crippen molar-refractivity contribution >= 4 is 50.9 Å². The Kier molecular flexibility index (Phi) is 4.81. The lowest BCUT2D eigenvalue weighted by molar-refractivity contribution is 0.0699. The van der Waals surface area contributed by atoms with Crippen LogP contribution >= 0.6 is 22.9 Å². The van der Waals surface area contributed by atoms with Crippen LogP contribution in [-0.4, -0.2) is 22.0 Å². The van der Waals surface area contributed by atoms with Gasteiger partial charge in [-0.05, 0) is 42.3 Å². The second kappa shape index (κ2) is 7.31. The van der Waals surface area contributed by atoms with Crippen molar-refractivity contribution in [2.45, 2.75) is 6.92 Å². The number of anilines is 1. The van der Waals surface area contributed by atoms with E-state index in [0.29, 0.717) is 21.7 Å². The van der Waals surface area contributed by atoms with Gasteiger partial charge in [0.2, 0.25) is 0 Å². The molecule has 6 nitrogen and oxygen atoms in total. The van der Waals surface area contributed by atoms with E-state index in [2.05, 4.69) is 10.3 Å². The van der Waals surface area contributed by atoms with Crippen molar-refractivity contribution in [2.24, 2.45) is 0 Å². The number of rotatable bonds is 4. The molecule has 0 unspecified atom stereocenters. The zero-order chi connectivity index (χ0) is 20.7. The normalized spacial score (nSPS) is 11.0. The molecule has 0 fully saturated rings. The molecule has 4 rings (SSSR count). The third-order valence-electron chi connectivity index (χ3n) is 4.17. The lowest BCUT2D eigenvalue weighted by Crippen LogP contribution is -2.13. The second-order valence-corrected chi connectivity index (χ2v) is 7.55. The highest BCUT2D eigenvalue weighted by Crippen LogP contribution is 2.36. The summed E-state index contributed by atoms with van der Waals surface area (Å²) in [7, 11) is 0. The van der Waals surface area contributed by atoms with E-state index in [0.717, 1.165) is 11.3 Å². The monoisotopic (exact) mass is 430 g/mol. The molecule has 0 saturated heterocycles. The van der Waals surface area contributed by atoms with Crippen molar-refractivity contribution in [3.05, 3.63) is 69.6 Å². The van der Waals surface area contributed by atoms with Crippen LogP contribution in [0, 0.1) is 12.7 Å². The molecule has 0 aliphatic carbocycles. The van der Waals surface area contributed by atoms with E-state index in [9.17, 15) is 19.1 Å². The van der Waals surface area contributed by atoms with Gasteiger partial charge in [0.1, 0.15) is 16.1 Å². The van der Waals surface area contributed by atoms with E-state index >= 15 is 0 Å². The average Bonchev–Trinajstić information content (AvgIpc) is 3.27. The first-order valence-electron chi connectivity index (χ1n) is 8.32. The summed E-state index contributed by atoms with van der Waals surface area (Å²) >= 11 is 6.93. The number of carbonyl (C=O) groups is 2. The molecule has 2 heterocycles. The van der Waals surface area contributed by atoms with Crippen LogP contribution in [-0.2, 0) is 0 Å². The first kappa shape index (κ1) is 19.1. The van der Waals surface area contributed by atoms with Gasteiger partial charge in [-0.25, -0.2) is 14.2 Å². The number of aromatic carboxylic acids is 1. The van der Waals surface area contributed by atoms with E-state index < -0.39 is 17.7 Å². The average molecular weight is 431 g/mol. The van der Waals surface area contributed by atoms with E-state index in [4.69, 9.17) is 16.0 Å². The quantitative estimate of drug-likeness (QED) is 0.439. The standard InChI is InChI=1S/C20H12ClFN2O4S/c1-9-6-13(22)16-14(7-9)28-18(23-16)17(25)24-19-15(20(26)27)12(8-29-19)10-2-4-11(21)5-3-10/h2-8H,1H3,(H,24,25)(H,26,27). The van der Waals surface area contributed by atoms with Gasteiger partial charge < -0.3 is 14.8 Å². The largest absolute Gasteiger partial charge is 0.478 e. The van der Waals surface area contributed by atoms with E-state index in [1.807, 2.05) is 0 Å². The zero-order valence-electron chi connectivity index (χ0n) is 14.8. The third-order valence-corrected chi connectivity index (χ3v) is 5.32. The van der Waals surface area contributed by atoms with Crippen LogP contribution in [0.3, 0.4) is 0 Å². The number of nitrogens with one attached hydrogen (secondary N) is 1. The van der Waals surface area contributed by atoms with Gasteiger partial charge in [0.15, 0.2) is 11.4 Å². The summed E-state index contributed by atoms with van der Waals surface area (Å²) in [6.07, 6.45) is 0. The van der Waals surface area contributed by atoms with Crippen molar-refractivity contribution in [1.82, 2.24) is 4.98 Å². The van der Waals surface area contributed by atoms with E-state index in [1.54, 1.807) is 42.6 Å². The number of nitrogens with zero attached hydrogens (tertiary/aromatic N) is 1. The van der Waals surface area contributed by atoms with Crippen LogP contribution in [0.1, 0.15) is 26.6 Å². The van der Waals surface area contributed by atoms with Crippen molar-refractivity contribution in [1.29, 1.82) is 0 Å². The SMILES string of the molecule is Cc1cc(F)c2nc(C(=O)Nc3scc(-c4ccc(Cl)cc4)c3C(=O)O)oc2c1. The predicted molar refractivity (Wildman–Crippen MR) is 108 cm³/mol. The second-order valence-electron chi connectivity index (χ2n) is 6.23. The number of fused-ring (bicyclic) bond motifs is 1. The van der Waals surface area contributed by atoms with Gasteiger partial charge in [-0.3, -0.25) is 4.79 Å². The van der Waals surface area contributed by atoms with Crippen LogP contribution in [0.2, 0.25) is 5.02 Å². The van der Waals surface area contributed by atoms with Crippen molar-refractivity contribution in [3.8, 4) is 11.1 Å². The number of hydrogen-bond donors (Lipinski definition) is 2. The molecular weight excluding hydrogens is 419 g/mol. The fourth-order valence-electron chi connectivity index (χ4n) is 2.88. The number of carboxylic acids is 1. The molecule has 0 bridgehead atoms. The minimum atomic E-state index is -1.20. The number of oxazole rings is 1. The zero-order valence-corrected chi connectivity index (χ0v) is 16.4. The summed E-state index contributed by atoms with van der Waals surface area (Å²) in [5.74, 6) is -2.94. The Morgan fingerprint density at radius 2 is 1.97 bits per heavy atom. The maximum Gasteiger partial charge on any atom is 0.339 e. The number of amides is 1. The fraction of sp³-hybridized carbons (Fsp3) is 0.0500. The number of halogens is 2. The Morgan fingerprint density at radius 3 is 2.66 bits per heavy atom. The van der Waals surface area contributed by atoms with Crippen LogP contribution in [0.25, 0.3) is 22.2 Å². The minimum absolute atomic E-state index is 0.0627. The van der Waals surface area contributed by atoms with E-state index in [1.165, 1.54) is 6.07 Å². The molecule has 29 heavy (non-hydrogen) atoms. The molecule has 0 aliphatic heterocycles. The maximum absolute atomic E-state index is 14.0. The summed E-state index contributed by atoms with van der Waals surface area (Å²) in [6, 6.07) is 9.52. The molecular formula is C20H12ClFN2O4S. The topological polar surface area (TPSA) is 92.4 Å². The number of aromatic nitrogens is 1. The van der Waals surface area contributed by atoms with Gasteiger partial charge in [-0.15, -0.1) is 11.3 Å². The first-order chi connectivity index (χ1) is 13.8. The Morgan fingerprint density at radius 1 is 1.24 bits per heavy atom. The van der Waals surface area contributed by atoms with Crippen LogP contribution in [0.5, 0.6) is 0 Å². The highest BCUT2D eigenvalue weighted by molar-refractivity contribution is 7.15. The highest BCUT2D eigenvalue weighted by Gasteiger charge is 2.24. The number of benzene rings is 2. The van der Waals surface area contributed by atoms with Crippen molar-refractivity contribution < 1.29 is 23.5 Å². The number of carbonyl (C=O) groups excluding carboxylic acids is 1. The number of aryl methyl sites for hydroxylation is 1. The van der Waals surface area contributed by atoms with Gasteiger partial charge >= 0.3 is 11.9 Å². The molecule has 2 N–H and O–H groups in total. The highest BCUT2D eigenvalue weighted by atomic mass is 35.5. The van der Waals surface area contributed by atoms with Gasteiger partial charge in [-0.2, -0.15) is 0 Å². The Hall–Kier alpha value is -3.23. The first-order valence-corrected chi connectivity index (χ1v) is 9.58. The number of carboxylic acid groups (broad SMARTS) is 1. The van der Waals surface area contributed by atoms with Gasteiger partial charge in [0.25, 0.3) is 5.89 Å². The molecule has 2 aromatic heterocycles. The molecule has 146 valence electrons. The summed E-state index contributed by atoms with van der Waals surface area (Å²) in [6.45, 7) is 1.69. The molecule has 4 aromatic rings. The molecule has 2 aromatic carbocycles. The Balaban J connectivity index is 1.69. The van der Waals surface area contributed by atoms with Gasteiger partial charge in [0, 0.05) is 16.0 Å². The summed E-state index contributed by atoms with van der Waals surface area (Å²) in [5.41, 5.74) is 1.71. The van der Waals surface area contributed by atoms with E-state index in [-0.39, 0.29) is 27.6 Å². The summed E-state index contributed by atoms with van der Waals surface area (Å²) in [4.78, 5) is 28.3. The third kappa shape index (κ3) is 3.59. The smallest absolute Gasteiger partial charge is 0.339 e. The molecule has 0 radical (unpaired) electrons. The Labute approximate surface area is 172 Å². The van der Waals surface area contributed by atoms with Crippen molar-refractivity contribution in [2.75, 3.05) is 5.32 Å². The summed E-state index contributed by atoms with van der Waals surface area (Å²) in [5, 5.41) is 14.4. The minimum Gasteiger partial charge on any atom is -0.478 e.